The number of rotatable bonds is 4. The highest BCUT2D eigenvalue weighted by Gasteiger charge is 2.43. The normalized spacial score (nSPS) is 30.5. The van der Waals surface area contributed by atoms with E-state index in [1.54, 1.807) is 5.06 Å². The number of nitrogens with zero attached hydrogens (tertiary/aromatic N) is 2. The van der Waals surface area contributed by atoms with Crippen LogP contribution in [-0.2, 0) is 20.8 Å². The van der Waals surface area contributed by atoms with E-state index in [0.29, 0.717) is 12.6 Å². The second kappa shape index (κ2) is 7.21. The van der Waals surface area contributed by atoms with Gasteiger partial charge in [-0.15, -0.1) is 0 Å². The van der Waals surface area contributed by atoms with Crippen molar-refractivity contribution in [2.45, 2.75) is 37.8 Å². The molecule has 3 saturated heterocycles. The van der Waals surface area contributed by atoms with Crippen molar-refractivity contribution >= 4 is 5.91 Å². The summed E-state index contributed by atoms with van der Waals surface area (Å²) < 4.78 is 5.93. The topological polar surface area (TPSA) is 42.0 Å². The number of fused-ring (bicyclic) bond motifs is 1. The van der Waals surface area contributed by atoms with Crippen molar-refractivity contribution in [3.8, 4) is 0 Å². The minimum atomic E-state index is -0.00165. The van der Waals surface area contributed by atoms with Gasteiger partial charge in [0.25, 0.3) is 5.91 Å². The first kappa shape index (κ1) is 16.1. The molecule has 3 aliphatic heterocycles. The number of benzene rings is 1. The fraction of sp³-hybridized carbons (Fsp3) is 0.632. The van der Waals surface area contributed by atoms with Gasteiger partial charge in [0, 0.05) is 25.7 Å². The Morgan fingerprint density at radius 3 is 2.88 bits per heavy atom. The minimum Gasteiger partial charge on any atom is -0.377 e. The quantitative estimate of drug-likeness (QED) is 0.845. The number of likely N-dealkylation sites (tertiary alicyclic amines) is 1. The van der Waals surface area contributed by atoms with Crippen LogP contribution in [0, 0.1) is 5.92 Å². The molecule has 0 aromatic heterocycles. The van der Waals surface area contributed by atoms with Crippen molar-refractivity contribution in [1.29, 1.82) is 0 Å². The van der Waals surface area contributed by atoms with Gasteiger partial charge in [0.1, 0.15) is 0 Å². The Labute approximate surface area is 143 Å². The Morgan fingerprint density at radius 2 is 2.08 bits per heavy atom. The molecular weight excluding hydrogens is 304 g/mol. The van der Waals surface area contributed by atoms with Crippen LogP contribution in [0.1, 0.15) is 24.8 Å². The highest BCUT2D eigenvalue weighted by molar-refractivity contribution is 5.78. The van der Waals surface area contributed by atoms with Gasteiger partial charge >= 0.3 is 0 Å². The lowest BCUT2D eigenvalue weighted by molar-refractivity contribution is -0.177. The van der Waals surface area contributed by atoms with Crippen molar-refractivity contribution in [3.05, 3.63) is 35.9 Å². The first-order valence-corrected chi connectivity index (χ1v) is 9.15. The maximum atomic E-state index is 12.7. The van der Waals surface area contributed by atoms with E-state index < -0.39 is 0 Å². The van der Waals surface area contributed by atoms with E-state index in [0.717, 1.165) is 51.9 Å². The van der Waals surface area contributed by atoms with E-state index >= 15 is 0 Å². The number of hydrogen-bond donors (Lipinski definition) is 0. The summed E-state index contributed by atoms with van der Waals surface area (Å²) in [6, 6.07) is 11.0. The monoisotopic (exact) mass is 330 g/mol. The summed E-state index contributed by atoms with van der Waals surface area (Å²) in [5, 5.41) is 1.58. The van der Waals surface area contributed by atoms with Crippen molar-refractivity contribution in [3.63, 3.8) is 0 Å². The summed E-state index contributed by atoms with van der Waals surface area (Å²) in [6.07, 6.45) is 4.08. The van der Waals surface area contributed by atoms with E-state index in [2.05, 4.69) is 35.2 Å². The van der Waals surface area contributed by atoms with E-state index in [9.17, 15) is 4.79 Å². The van der Waals surface area contributed by atoms with Crippen LogP contribution >= 0.6 is 0 Å². The van der Waals surface area contributed by atoms with Gasteiger partial charge in [-0.25, -0.2) is 5.06 Å². The van der Waals surface area contributed by atoms with Gasteiger partial charge in [-0.1, -0.05) is 30.3 Å². The third-order valence-corrected chi connectivity index (χ3v) is 5.49. The third-order valence-electron chi connectivity index (χ3n) is 5.49. The highest BCUT2D eigenvalue weighted by atomic mass is 16.7. The van der Waals surface area contributed by atoms with Crippen LogP contribution in [0.3, 0.4) is 0 Å². The standard InChI is InChI=1S/C19H26N2O3/c22-19(21-9-4-11-24-21)16-13-18-17(8-12-23-18)20(14-16)10-7-15-5-2-1-3-6-15/h1-3,5-6,16-18H,4,7-14H2/t16-,17+,18+/m0/s1. The molecule has 0 saturated carbocycles. The van der Waals surface area contributed by atoms with Crippen molar-refractivity contribution in [2.24, 2.45) is 5.92 Å². The zero-order valence-corrected chi connectivity index (χ0v) is 14.1. The summed E-state index contributed by atoms with van der Waals surface area (Å²) in [6.45, 7) is 4.03. The zero-order chi connectivity index (χ0) is 16.4. The van der Waals surface area contributed by atoms with Gasteiger partial charge in [-0.05, 0) is 31.2 Å². The molecule has 1 aromatic carbocycles. The van der Waals surface area contributed by atoms with Crippen LogP contribution in [0.25, 0.3) is 0 Å². The lowest BCUT2D eigenvalue weighted by Crippen LogP contribution is -2.53. The molecule has 5 heteroatoms. The Balaban J connectivity index is 1.42. The van der Waals surface area contributed by atoms with Crippen LogP contribution in [0.2, 0.25) is 0 Å². The number of hydrogen-bond acceptors (Lipinski definition) is 4. The predicted octanol–water partition coefficient (Wildman–Crippen LogP) is 1.87. The van der Waals surface area contributed by atoms with Gasteiger partial charge in [-0.3, -0.25) is 14.5 Å². The second-order valence-corrected chi connectivity index (χ2v) is 7.06. The highest BCUT2D eigenvalue weighted by Crippen LogP contribution is 2.32. The Morgan fingerprint density at radius 1 is 1.21 bits per heavy atom. The molecule has 3 fully saturated rings. The molecule has 3 aliphatic rings. The van der Waals surface area contributed by atoms with Gasteiger partial charge in [-0.2, -0.15) is 0 Å². The molecule has 0 spiro atoms. The Kier molecular flexibility index (Phi) is 4.83. The summed E-state index contributed by atoms with van der Waals surface area (Å²) in [5.74, 6) is 0.143. The van der Waals surface area contributed by atoms with Crippen LogP contribution < -0.4 is 0 Å². The molecule has 0 N–H and O–H groups in total. The number of hydroxylamine groups is 2. The summed E-state index contributed by atoms with van der Waals surface area (Å²) in [5.41, 5.74) is 1.35. The number of carbonyl (C=O) groups is 1. The fourth-order valence-corrected chi connectivity index (χ4v) is 4.23. The number of piperidine rings is 1. The predicted molar refractivity (Wildman–Crippen MR) is 90.3 cm³/mol. The molecule has 4 rings (SSSR count). The lowest BCUT2D eigenvalue weighted by Gasteiger charge is -2.41. The number of ether oxygens (including phenoxy) is 1. The van der Waals surface area contributed by atoms with Gasteiger partial charge in [0.05, 0.1) is 25.2 Å². The molecular formula is C19H26N2O3. The van der Waals surface area contributed by atoms with Gasteiger partial charge < -0.3 is 4.74 Å². The van der Waals surface area contributed by atoms with E-state index in [1.165, 1.54) is 5.56 Å². The van der Waals surface area contributed by atoms with Crippen LogP contribution in [0.15, 0.2) is 30.3 Å². The van der Waals surface area contributed by atoms with Crippen molar-refractivity contribution in [2.75, 3.05) is 32.8 Å². The lowest BCUT2D eigenvalue weighted by atomic mass is 9.89. The summed E-state index contributed by atoms with van der Waals surface area (Å²) in [4.78, 5) is 20.7. The average molecular weight is 330 g/mol. The Bertz CT molecular complexity index is 559. The first-order valence-electron chi connectivity index (χ1n) is 9.15. The van der Waals surface area contributed by atoms with Crippen molar-refractivity contribution < 1.29 is 14.4 Å². The smallest absolute Gasteiger partial charge is 0.250 e. The fourth-order valence-electron chi connectivity index (χ4n) is 4.23. The molecule has 5 nitrogen and oxygen atoms in total. The van der Waals surface area contributed by atoms with E-state index in [-0.39, 0.29) is 17.9 Å². The molecule has 0 aliphatic carbocycles. The molecule has 0 radical (unpaired) electrons. The molecule has 3 heterocycles. The SMILES string of the molecule is O=C([C@H]1C[C@H]2OCC[C@H]2N(CCc2ccccc2)C1)N1CCCO1. The molecule has 0 bridgehead atoms. The van der Waals surface area contributed by atoms with Gasteiger partial charge in [0.2, 0.25) is 0 Å². The summed E-state index contributed by atoms with van der Waals surface area (Å²) in [7, 11) is 0. The maximum absolute atomic E-state index is 12.7. The van der Waals surface area contributed by atoms with Crippen LogP contribution in [0.5, 0.6) is 0 Å². The molecule has 1 aromatic rings. The average Bonchev–Trinajstić information content (AvgIpc) is 3.31. The molecule has 1 amide bonds. The summed E-state index contributed by atoms with van der Waals surface area (Å²) >= 11 is 0. The van der Waals surface area contributed by atoms with Gasteiger partial charge in [0.15, 0.2) is 0 Å². The molecule has 130 valence electrons. The molecule has 3 atom stereocenters. The van der Waals surface area contributed by atoms with Crippen LogP contribution in [-0.4, -0.2) is 60.9 Å². The third kappa shape index (κ3) is 3.34. The largest absolute Gasteiger partial charge is 0.377 e. The van der Waals surface area contributed by atoms with Crippen molar-refractivity contribution in [1.82, 2.24) is 9.96 Å². The van der Waals surface area contributed by atoms with E-state index in [1.807, 2.05) is 0 Å². The van der Waals surface area contributed by atoms with Crippen LogP contribution in [0.4, 0.5) is 0 Å². The Hall–Kier alpha value is -1.43. The number of amides is 1. The molecule has 0 unspecified atom stereocenters. The maximum Gasteiger partial charge on any atom is 0.250 e. The zero-order valence-electron chi connectivity index (χ0n) is 14.1. The van der Waals surface area contributed by atoms with E-state index in [4.69, 9.17) is 9.57 Å². The minimum absolute atomic E-state index is 0.00165. The molecule has 24 heavy (non-hydrogen) atoms. The second-order valence-electron chi connectivity index (χ2n) is 7.06. The number of carbonyl (C=O) groups excluding carboxylic acids is 1. The first-order chi connectivity index (χ1) is 11.8.